The maximum Gasteiger partial charge on any atom is 0.255 e. The van der Waals surface area contributed by atoms with Crippen molar-refractivity contribution in [3.05, 3.63) is 118 Å². The van der Waals surface area contributed by atoms with Crippen LogP contribution in [0.2, 0.25) is 5.02 Å². The molecule has 258 valence electrons. The van der Waals surface area contributed by atoms with E-state index in [1.807, 2.05) is 30.3 Å². The number of fused-ring (bicyclic) bond motifs is 1. The lowest BCUT2D eigenvalue weighted by Gasteiger charge is -2.32. The van der Waals surface area contributed by atoms with Gasteiger partial charge in [-0.2, -0.15) is 0 Å². The Morgan fingerprint density at radius 2 is 1.92 bits per heavy atom. The molecule has 2 saturated heterocycles. The molecule has 1 amide bonds. The molecule has 0 aliphatic carbocycles. The quantitative estimate of drug-likeness (QED) is 0.148. The summed E-state index contributed by atoms with van der Waals surface area (Å²) < 4.78 is 28.1. The Balaban J connectivity index is 1.02. The van der Waals surface area contributed by atoms with Gasteiger partial charge >= 0.3 is 0 Å². The highest BCUT2D eigenvalue weighted by Crippen LogP contribution is 2.30. The van der Waals surface area contributed by atoms with Gasteiger partial charge in [0.05, 0.1) is 41.0 Å². The highest BCUT2D eigenvalue weighted by molar-refractivity contribution is 6.48. The van der Waals surface area contributed by atoms with E-state index in [1.165, 1.54) is 12.3 Å². The number of pyridine rings is 2. The van der Waals surface area contributed by atoms with Crippen LogP contribution in [-0.2, 0) is 24.4 Å². The molecule has 2 aromatic carbocycles. The van der Waals surface area contributed by atoms with Crippen LogP contribution in [0.15, 0.2) is 79.1 Å². The fourth-order valence-electron chi connectivity index (χ4n) is 6.32. The van der Waals surface area contributed by atoms with Crippen LogP contribution in [0.1, 0.15) is 58.3 Å². The number of nitrogens with zero attached hydrogens (tertiary/aromatic N) is 5. The Kier molecular flexibility index (Phi) is 10.3. The number of nitrogens with two attached hydrogens (primary N) is 1. The predicted octanol–water partition coefficient (Wildman–Crippen LogP) is 7.11. The van der Waals surface area contributed by atoms with Crippen molar-refractivity contribution in [3.8, 4) is 5.88 Å². The van der Waals surface area contributed by atoms with Crippen molar-refractivity contribution in [2.75, 3.05) is 25.0 Å². The zero-order chi connectivity index (χ0) is 34.6. The van der Waals surface area contributed by atoms with E-state index in [-0.39, 0.29) is 24.5 Å². The van der Waals surface area contributed by atoms with Crippen LogP contribution < -0.4 is 15.8 Å². The van der Waals surface area contributed by atoms with Gasteiger partial charge in [-0.3, -0.25) is 14.7 Å². The number of carbonyl (C=O) groups is 1. The molecule has 2 aliphatic heterocycles. The van der Waals surface area contributed by atoms with E-state index in [0.717, 1.165) is 61.5 Å². The summed E-state index contributed by atoms with van der Waals surface area (Å²) in [5.41, 5.74) is 10.2. The van der Waals surface area contributed by atoms with Crippen LogP contribution in [0.25, 0.3) is 16.1 Å². The molecule has 2 fully saturated rings. The molecule has 50 heavy (non-hydrogen) atoms. The monoisotopic (exact) mass is 715 g/mol. The lowest BCUT2D eigenvalue weighted by atomic mass is 9.93. The number of benzene rings is 2. The SMILES string of the molecule is N/C=C(/Cl)c1cc(NC(=O)c2ccc3c(c2)nc(CN2CCC(c4cccc(OCc5ccc(Cl)cc5F)n4)CC2)n3CC2CCO2)ccn1. The molecule has 1 atom stereocenters. The van der Waals surface area contributed by atoms with Crippen molar-refractivity contribution < 1.29 is 18.7 Å². The summed E-state index contributed by atoms with van der Waals surface area (Å²) in [5.74, 6) is 1.03. The summed E-state index contributed by atoms with van der Waals surface area (Å²) in [5, 5.41) is 3.56. The lowest BCUT2D eigenvalue weighted by Crippen LogP contribution is -2.35. The van der Waals surface area contributed by atoms with Crippen molar-refractivity contribution in [1.29, 1.82) is 0 Å². The highest BCUT2D eigenvalue weighted by Gasteiger charge is 2.26. The van der Waals surface area contributed by atoms with Crippen molar-refractivity contribution >= 4 is 50.9 Å². The number of rotatable bonds is 11. The van der Waals surface area contributed by atoms with Crippen molar-refractivity contribution in [3.63, 3.8) is 0 Å². The molecule has 1 unspecified atom stereocenters. The zero-order valence-corrected chi connectivity index (χ0v) is 28.7. The third kappa shape index (κ3) is 7.76. The maximum absolute atomic E-state index is 14.2. The van der Waals surface area contributed by atoms with Crippen LogP contribution in [0.5, 0.6) is 5.88 Å². The molecule has 3 aromatic heterocycles. The van der Waals surface area contributed by atoms with Crippen LogP contribution in [0.3, 0.4) is 0 Å². The number of piperidine rings is 1. The number of ether oxygens (including phenoxy) is 2. The standard InChI is InChI=1S/C37H36Cl2FN7O3/c38-26-6-4-25(30(40)17-26)22-50-36-3-1-2-31(45-36)23-9-13-46(14-10-23)21-35-44-33-16-24(5-7-34(33)47(35)20-28-11-15-49-28)37(48)43-27-8-12-42-32(18-27)29(39)19-41/h1-8,12,16-19,23,28H,9-11,13-15,20-22,41H2,(H,42,43,48)/b29-19+. The molecule has 5 aromatic rings. The summed E-state index contributed by atoms with van der Waals surface area (Å²) in [4.78, 5) is 29.6. The van der Waals surface area contributed by atoms with Crippen molar-refractivity contribution in [1.82, 2.24) is 24.4 Å². The first-order chi connectivity index (χ1) is 24.3. The van der Waals surface area contributed by atoms with Gasteiger partial charge in [0.2, 0.25) is 5.88 Å². The smallest absolute Gasteiger partial charge is 0.255 e. The third-order valence-electron chi connectivity index (χ3n) is 9.18. The van der Waals surface area contributed by atoms with Crippen LogP contribution >= 0.6 is 23.2 Å². The number of likely N-dealkylation sites (tertiary alicyclic amines) is 1. The summed E-state index contributed by atoms with van der Waals surface area (Å²) >= 11 is 12.0. The normalized spacial score (nSPS) is 17.1. The largest absolute Gasteiger partial charge is 0.473 e. The maximum atomic E-state index is 14.2. The fourth-order valence-corrected chi connectivity index (χ4v) is 6.58. The molecule has 0 saturated carbocycles. The number of anilines is 1. The first-order valence-corrected chi connectivity index (χ1v) is 17.3. The van der Waals surface area contributed by atoms with Crippen LogP contribution in [-0.4, -0.2) is 56.1 Å². The second-order valence-corrected chi connectivity index (χ2v) is 13.3. The number of imidazole rings is 1. The van der Waals surface area contributed by atoms with Gasteiger partial charge in [-0.15, -0.1) is 0 Å². The predicted molar refractivity (Wildman–Crippen MR) is 192 cm³/mol. The van der Waals surface area contributed by atoms with E-state index in [9.17, 15) is 9.18 Å². The molecule has 0 radical (unpaired) electrons. The second kappa shape index (κ2) is 15.1. The summed E-state index contributed by atoms with van der Waals surface area (Å²) in [6, 6.07) is 19.3. The minimum Gasteiger partial charge on any atom is -0.473 e. The van der Waals surface area contributed by atoms with Crippen molar-refractivity contribution in [2.45, 2.75) is 51.0 Å². The summed E-state index contributed by atoms with van der Waals surface area (Å²) in [6.07, 6.45) is 5.84. The number of amides is 1. The second-order valence-electron chi connectivity index (χ2n) is 12.5. The molecule has 3 N–H and O–H groups in total. The van der Waals surface area contributed by atoms with Gasteiger partial charge in [0.1, 0.15) is 18.2 Å². The Hall–Kier alpha value is -4.55. The molecular weight excluding hydrogens is 680 g/mol. The zero-order valence-electron chi connectivity index (χ0n) is 27.2. The van der Waals surface area contributed by atoms with E-state index in [1.54, 1.807) is 36.5 Å². The Bertz CT molecular complexity index is 2040. The number of nitrogens with one attached hydrogen (secondary N) is 1. The van der Waals surface area contributed by atoms with Crippen LogP contribution in [0, 0.1) is 5.82 Å². The Labute approximate surface area is 299 Å². The van der Waals surface area contributed by atoms with Gasteiger partial charge in [-0.25, -0.2) is 14.4 Å². The Morgan fingerprint density at radius 1 is 1.08 bits per heavy atom. The van der Waals surface area contributed by atoms with Gasteiger partial charge in [0, 0.05) is 58.5 Å². The van der Waals surface area contributed by atoms with Gasteiger partial charge in [0.15, 0.2) is 0 Å². The minimum atomic E-state index is -0.400. The Morgan fingerprint density at radius 3 is 2.68 bits per heavy atom. The lowest BCUT2D eigenvalue weighted by molar-refractivity contribution is -0.0592. The highest BCUT2D eigenvalue weighted by atomic mass is 35.5. The average molecular weight is 717 g/mol. The minimum absolute atomic E-state index is 0.0743. The molecule has 2 aliphatic rings. The van der Waals surface area contributed by atoms with Gasteiger partial charge < -0.3 is 25.1 Å². The van der Waals surface area contributed by atoms with E-state index in [2.05, 4.69) is 19.8 Å². The molecule has 5 heterocycles. The summed E-state index contributed by atoms with van der Waals surface area (Å²) in [7, 11) is 0. The summed E-state index contributed by atoms with van der Waals surface area (Å²) in [6.45, 7) is 3.98. The van der Waals surface area contributed by atoms with Gasteiger partial charge in [-0.1, -0.05) is 35.3 Å². The first-order valence-electron chi connectivity index (χ1n) is 16.5. The van der Waals surface area contributed by atoms with Crippen LogP contribution in [0.4, 0.5) is 10.1 Å². The van der Waals surface area contributed by atoms with E-state index < -0.39 is 5.82 Å². The number of hydrogen-bond acceptors (Lipinski definition) is 8. The average Bonchev–Trinajstić information content (AvgIpc) is 3.45. The number of carbonyl (C=O) groups excluding carboxylic acids is 1. The van der Waals surface area contributed by atoms with E-state index in [0.29, 0.717) is 51.5 Å². The topological polar surface area (TPSA) is 120 Å². The molecule has 0 spiro atoms. The third-order valence-corrected chi connectivity index (χ3v) is 9.74. The fraction of sp³-hybridized carbons (Fsp3) is 0.297. The number of hydrogen-bond donors (Lipinski definition) is 2. The van der Waals surface area contributed by atoms with E-state index in [4.69, 9.17) is 48.4 Å². The first kappa shape index (κ1) is 33.9. The number of halogens is 3. The molecule has 7 rings (SSSR count). The molecule has 13 heteroatoms. The van der Waals surface area contributed by atoms with E-state index >= 15 is 0 Å². The van der Waals surface area contributed by atoms with Gasteiger partial charge in [-0.05, 0) is 80.9 Å². The molecular formula is C37H36Cl2FN7O3. The molecule has 0 bridgehead atoms. The van der Waals surface area contributed by atoms with Gasteiger partial charge in [0.25, 0.3) is 5.91 Å². The number of aromatic nitrogens is 4. The van der Waals surface area contributed by atoms with Crippen molar-refractivity contribution in [2.24, 2.45) is 5.73 Å². The molecule has 10 nitrogen and oxygen atoms in total.